The number of sulfonamides is 1. The third-order valence-electron chi connectivity index (χ3n) is 5.29. The Morgan fingerprint density at radius 2 is 1.87 bits per heavy atom. The van der Waals surface area contributed by atoms with Gasteiger partial charge in [-0.2, -0.15) is 4.31 Å². The fourth-order valence-corrected chi connectivity index (χ4v) is 5.44. The summed E-state index contributed by atoms with van der Waals surface area (Å²) in [7, 11) is -1.90. The SMILES string of the molecule is CCN(CC)S(=O)(=O)c1ccc(SCC(=O)NC(c2ccc(OC)cc2)C2CC2)nc1. The zero-order valence-corrected chi connectivity index (χ0v) is 19.7. The van der Waals surface area contributed by atoms with E-state index in [1.54, 1.807) is 33.1 Å². The average molecular weight is 464 g/mol. The molecule has 1 aliphatic carbocycles. The second-order valence-corrected chi connectivity index (χ2v) is 10.3. The summed E-state index contributed by atoms with van der Waals surface area (Å²) in [6.07, 6.45) is 3.57. The van der Waals surface area contributed by atoms with Gasteiger partial charge in [-0.1, -0.05) is 37.7 Å². The van der Waals surface area contributed by atoms with E-state index in [0.29, 0.717) is 24.0 Å². The first-order valence-corrected chi connectivity index (χ1v) is 12.8. The molecule has 168 valence electrons. The molecule has 1 fully saturated rings. The summed E-state index contributed by atoms with van der Waals surface area (Å²) in [5.41, 5.74) is 1.07. The molecule has 0 spiro atoms. The van der Waals surface area contributed by atoms with Crippen molar-refractivity contribution in [1.82, 2.24) is 14.6 Å². The Morgan fingerprint density at radius 1 is 1.19 bits per heavy atom. The number of pyridine rings is 1. The molecule has 9 heteroatoms. The van der Waals surface area contributed by atoms with Gasteiger partial charge in [0, 0.05) is 19.3 Å². The van der Waals surface area contributed by atoms with Crippen LogP contribution in [0, 0.1) is 5.92 Å². The smallest absolute Gasteiger partial charge is 0.244 e. The summed E-state index contributed by atoms with van der Waals surface area (Å²) in [4.78, 5) is 17.0. The minimum absolute atomic E-state index is 0.00597. The number of hydrogen-bond acceptors (Lipinski definition) is 6. The van der Waals surface area contributed by atoms with Crippen LogP contribution in [-0.4, -0.2) is 49.6 Å². The number of amides is 1. The fraction of sp³-hybridized carbons (Fsp3) is 0.455. The molecule has 1 saturated carbocycles. The second kappa shape index (κ2) is 10.5. The molecular formula is C22H29N3O4S2. The molecular weight excluding hydrogens is 434 g/mol. The lowest BCUT2D eigenvalue weighted by Gasteiger charge is -2.19. The molecule has 1 aromatic heterocycles. The van der Waals surface area contributed by atoms with Crippen LogP contribution in [0.3, 0.4) is 0 Å². The van der Waals surface area contributed by atoms with Gasteiger partial charge in [0.05, 0.1) is 23.9 Å². The van der Waals surface area contributed by atoms with E-state index in [1.807, 2.05) is 24.3 Å². The summed E-state index contributed by atoms with van der Waals surface area (Å²) >= 11 is 1.29. The Hall–Kier alpha value is -2.10. The van der Waals surface area contributed by atoms with Crippen molar-refractivity contribution in [3.63, 3.8) is 0 Å². The van der Waals surface area contributed by atoms with Crippen LogP contribution < -0.4 is 10.1 Å². The van der Waals surface area contributed by atoms with Crippen LogP contribution in [0.25, 0.3) is 0 Å². The van der Waals surface area contributed by atoms with E-state index in [0.717, 1.165) is 24.2 Å². The number of nitrogens with one attached hydrogen (secondary N) is 1. The minimum Gasteiger partial charge on any atom is -0.497 e. The molecule has 1 unspecified atom stereocenters. The topological polar surface area (TPSA) is 88.6 Å². The molecule has 7 nitrogen and oxygen atoms in total. The van der Waals surface area contributed by atoms with Crippen molar-refractivity contribution in [3.8, 4) is 5.75 Å². The lowest BCUT2D eigenvalue weighted by atomic mass is 10.0. The number of carbonyl (C=O) groups excluding carboxylic acids is 1. The van der Waals surface area contributed by atoms with Crippen molar-refractivity contribution in [2.24, 2.45) is 5.92 Å². The highest BCUT2D eigenvalue weighted by molar-refractivity contribution is 7.99. The molecule has 1 aromatic carbocycles. The van der Waals surface area contributed by atoms with Crippen LogP contribution in [-0.2, 0) is 14.8 Å². The summed E-state index contributed by atoms with van der Waals surface area (Å²) in [5, 5.41) is 3.75. The predicted octanol–water partition coefficient (Wildman–Crippen LogP) is 3.48. The number of ether oxygens (including phenoxy) is 1. The van der Waals surface area contributed by atoms with Crippen LogP contribution in [0.1, 0.15) is 38.3 Å². The first-order valence-electron chi connectivity index (χ1n) is 10.4. The molecule has 0 bridgehead atoms. The van der Waals surface area contributed by atoms with Gasteiger partial charge < -0.3 is 10.1 Å². The lowest BCUT2D eigenvalue weighted by molar-refractivity contribution is -0.119. The number of aromatic nitrogens is 1. The molecule has 1 N–H and O–H groups in total. The maximum atomic E-state index is 12.6. The quantitative estimate of drug-likeness (QED) is 0.513. The van der Waals surface area contributed by atoms with E-state index in [2.05, 4.69) is 10.3 Å². The molecule has 0 aliphatic heterocycles. The second-order valence-electron chi connectivity index (χ2n) is 7.37. The standard InChI is InChI=1S/C22H29N3O4S2/c1-4-25(5-2)31(27,28)19-12-13-21(23-14-19)30-15-20(26)24-22(16-6-7-16)17-8-10-18(29-3)11-9-17/h8-14,16,22H,4-7,15H2,1-3H3,(H,24,26). The third-order valence-corrected chi connectivity index (χ3v) is 8.27. The van der Waals surface area contributed by atoms with Crippen molar-refractivity contribution in [2.75, 3.05) is 26.0 Å². The van der Waals surface area contributed by atoms with Gasteiger partial charge in [-0.15, -0.1) is 0 Å². The maximum absolute atomic E-state index is 12.6. The molecule has 0 radical (unpaired) electrons. The zero-order chi connectivity index (χ0) is 22.4. The molecule has 3 rings (SSSR count). The van der Waals surface area contributed by atoms with E-state index >= 15 is 0 Å². The maximum Gasteiger partial charge on any atom is 0.244 e. The summed E-state index contributed by atoms with van der Waals surface area (Å²) < 4.78 is 31.7. The Morgan fingerprint density at radius 3 is 2.39 bits per heavy atom. The van der Waals surface area contributed by atoms with Crippen LogP contribution in [0.5, 0.6) is 5.75 Å². The molecule has 31 heavy (non-hydrogen) atoms. The Balaban J connectivity index is 1.58. The Kier molecular flexibility index (Phi) is 7.96. The number of methoxy groups -OCH3 is 1. The van der Waals surface area contributed by atoms with Gasteiger partial charge in [0.25, 0.3) is 0 Å². The number of thioether (sulfide) groups is 1. The normalized spacial score (nSPS) is 15.0. The molecule has 0 saturated heterocycles. The highest BCUT2D eigenvalue weighted by Crippen LogP contribution is 2.41. The number of rotatable bonds is 11. The van der Waals surface area contributed by atoms with Gasteiger partial charge in [0.15, 0.2) is 0 Å². The molecule has 2 aromatic rings. The monoisotopic (exact) mass is 463 g/mol. The zero-order valence-electron chi connectivity index (χ0n) is 18.1. The van der Waals surface area contributed by atoms with E-state index in [1.165, 1.54) is 22.3 Å². The van der Waals surface area contributed by atoms with Gasteiger partial charge >= 0.3 is 0 Å². The van der Waals surface area contributed by atoms with Gasteiger partial charge in [-0.05, 0) is 48.6 Å². The van der Waals surface area contributed by atoms with Crippen LogP contribution in [0.4, 0.5) is 0 Å². The van der Waals surface area contributed by atoms with Crippen molar-refractivity contribution < 1.29 is 17.9 Å². The lowest BCUT2D eigenvalue weighted by Crippen LogP contribution is -2.31. The van der Waals surface area contributed by atoms with Crippen molar-refractivity contribution in [2.45, 2.75) is 42.7 Å². The largest absolute Gasteiger partial charge is 0.497 e. The van der Waals surface area contributed by atoms with Crippen molar-refractivity contribution >= 4 is 27.7 Å². The number of benzene rings is 1. The average Bonchev–Trinajstić information content (AvgIpc) is 3.62. The number of hydrogen-bond donors (Lipinski definition) is 1. The fourth-order valence-electron chi connectivity index (χ4n) is 3.39. The Labute approximate surface area is 188 Å². The summed E-state index contributed by atoms with van der Waals surface area (Å²) in [6.45, 7) is 4.42. The number of carbonyl (C=O) groups is 1. The first-order chi connectivity index (χ1) is 14.9. The van der Waals surface area contributed by atoms with Gasteiger partial charge in [-0.25, -0.2) is 13.4 Å². The van der Waals surface area contributed by atoms with Gasteiger partial charge in [-0.3, -0.25) is 4.79 Å². The molecule has 1 aliphatic rings. The predicted molar refractivity (Wildman–Crippen MR) is 122 cm³/mol. The summed E-state index contributed by atoms with van der Waals surface area (Å²) in [5.74, 6) is 1.40. The van der Waals surface area contributed by atoms with E-state index in [-0.39, 0.29) is 22.6 Å². The van der Waals surface area contributed by atoms with E-state index < -0.39 is 10.0 Å². The van der Waals surface area contributed by atoms with Crippen LogP contribution in [0.15, 0.2) is 52.5 Å². The first kappa shape index (κ1) is 23.6. The highest BCUT2D eigenvalue weighted by atomic mass is 32.2. The van der Waals surface area contributed by atoms with Crippen LogP contribution >= 0.6 is 11.8 Å². The van der Waals surface area contributed by atoms with Crippen LogP contribution in [0.2, 0.25) is 0 Å². The van der Waals surface area contributed by atoms with Gasteiger partial charge in [0.2, 0.25) is 15.9 Å². The third kappa shape index (κ3) is 5.99. The highest BCUT2D eigenvalue weighted by Gasteiger charge is 2.33. The molecule has 1 atom stereocenters. The van der Waals surface area contributed by atoms with Crippen molar-refractivity contribution in [1.29, 1.82) is 0 Å². The summed E-state index contributed by atoms with van der Waals surface area (Å²) in [6, 6.07) is 11.0. The van der Waals surface area contributed by atoms with Crippen molar-refractivity contribution in [3.05, 3.63) is 48.2 Å². The Bertz CT molecular complexity index is 971. The molecule has 1 heterocycles. The van der Waals surface area contributed by atoms with Gasteiger partial charge in [0.1, 0.15) is 10.6 Å². The number of nitrogens with zero attached hydrogens (tertiary/aromatic N) is 2. The van der Waals surface area contributed by atoms with E-state index in [4.69, 9.17) is 4.74 Å². The molecule has 1 amide bonds. The minimum atomic E-state index is -3.53. The van der Waals surface area contributed by atoms with E-state index in [9.17, 15) is 13.2 Å².